The van der Waals surface area contributed by atoms with Gasteiger partial charge in [0.2, 0.25) is 5.91 Å². The highest BCUT2D eigenvalue weighted by Gasteiger charge is 2.27. The predicted octanol–water partition coefficient (Wildman–Crippen LogP) is 1.89. The van der Waals surface area contributed by atoms with Crippen molar-refractivity contribution in [3.63, 3.8) is 0 Å². The van der Waals surface area contributed by atoms with Gasteiger partial charge in [0.25, 0.3) is 0 Å². The van der Waals surface area contributed by atoms with E-state index in [1.165, 1.54) is 6.92 Å². The molecule has 0 aliphatic heterocycles. The number of hydrogen-bond acceptors (Lipinski definition) is 4. The normalized spacial score (nSPS) is 14.0. The Kier molecular flexibility index (Phi) is 5.69. The Morgan fingerprint density at radius 2 is 1.86 bits per heavy atom. The first-order valence-electron chi connectivity index (χ1n) is 7.59. The van der Waals surface area contributed by atoms with Gasteiger partial charge >= 0.3 is 5.97 Å². The van der Waals surface area contributed by atoms with Crippen LogP contribution in [0.5, 0.6) is 0 Å². The molecule has 0 spiro atoms. The van der Waals surface area contributed by atoms with E-state index in [2.05, 4.69) is 5.32 Å². The SMILES string of the molecule is CC(=O)NCCc1ccc(C(=O)COC(=O)C2CCC2)cc1. The van der Waals surface area contributed by atoms with Gasteiger partial charge in [0.05, 0.1) is 5.92 Å². The van der Waals surface area contributed by atoms with Crippen molar-refractivity contribution in [3.05, 3.63) is 35.4 Å². The van der Waals surface area contributed by atoms with Crippen molar-refractivity contribution in [2.45, 2.75) is 32.6 Å². The number of carbonyl (C=O) groups is 3. The maximum atomic E-state index is 12.0. The van der Waals surface area contributed by atoms with E-state index in [1.807, 2.05) is 12.1 Å². The standard InChI is InChI=1S/C17H21NO4/c1-12(19)18-10-9-13-5-7-14(8-6-13)16(20)11-22-17(21)15-3-2-4-15/h5-8,15H,2-4,9-11H2,1H3,(H,18,19). The Labute approximate surface area is 130 Å². The number of ketones is 1. The van der Waals surface area contributed by atoms with Gasteiger partial charge in [-0.1, -0.05) is 30.7 Å². The Balaban J connectivity index is 1.77. The number of amides is 1. The Morgan fingerprint density at radius 1 is 1.18 bits per heavy atom. The van der Waals surface area contributed by atoms with Gasteiger partial charge in [0.1, 0.15) is 0 Å². The number of Topliss-reactive ketones (excluding diaryl/α,β-unsaturated/α-hetero) is 1. The summed E-state index contributed by atoms with van der Waals surface area (Å²) in [5, 5.41) is 2.72. The Morgan fingerprint density at radius 3 is 2.41 bits per heavy atom. The van der Waals surface area contributed by atoms with Crippen molar-refractivity contribution in [2.75, 3.05) is 13.2 Å². The molecular weight excluding hydrogens is 282 g/mol. The topological polar surface area (TPSA) is 72.5 Å². The Bertz CT molecular complexity index is 546. The number of rotatable bonds is 7. The van der Waals surface area contributed by atoms with Crippen LogP contribution in [0.3, 0.4) is 0 Å². The van der Waals surface area contributed by atoms with Crippen LogP contribution < -0.4 is 5.32 Å². The molecule has 2 rings (SSSR count). The van der Waals surface area contributed by atoms with Crippen molar-refractivity contribution >= 4 is 17.7 Å². The molecule has 5 nitrogen and oxygen atoms in total. The molecule has 1 saturated carbocycles. The molecule has 0 aromatic heterocycles. The number of carbonyl (C=O) groups excluding carboxylic acids is 3. The van der Waals surface area contributed by atoms with Gasteiger partial charge in [-0.25, -0.2) is 0 Å². The zero-order chi connectivity index (χ0) is 15.9. The molecule has 118 valence electrons. The minimum atomic E-state index is -0.258. The van der Waals surface area contributed by atoms with Crippen LogP contribution >= 0.6 is 0 Å². The molecule has 0 radical (unpaired) electrons. The van der Waals surface area contributed by atoms with Crippen LogP contribution in [0.2, 0.25) is 0 Å². The summed E-state index contributed by atoms with van der Waals surface area (Å²) in [4.78, 5) is 34.3. The molecule has 1 aromatic carbocycles. The molecular formula is C17H21NO4. The maximum absolute atomic E-state index is 12.0. The quantitative estimate of drug-likeness (QED) is 0.617. The molecule has 0 saturated heterocycles. The third kappa shape index (κ3) is 4.69. The van der Waals surface area contributed by atoms with Crippen molar-refractivity contribution in [1.82, 2.24) is 5.32 Å². The highest BCUT2D eigenvalue weighted by atomic mass is 16.5. The van der Waals surface area contributed by atoms with E-state index < -0.39 is 0 Å². The van der Waals surface area contributed by atoms with E-state index in [4.69, 9.17) is 4.74 Å². The maximum Gasteiger partial charge on any atom is 0.309 e. The molecule has 0 bridgehead atoms. The fraction of sp³-hybridized carbons (Fsp3) is 0.471. The lowest BCUT2D eigenvalue weighted by Crippen LogP contribution is -2.26. The summed E-state index contributed by atoms with van der Waals surface area (Å²) < 4.78 is 5.05. The number of benzene rings is 1. The zero-order valence-corrected chi connectivity index (χ0v) is 12.8. The average molecular weight is 303 g/mol. The molecule has 1 aromatic rings. The van der Waals surface area contributed by atoms with Gasteiger partial charge in [-0.2, -0.15) is 0 Å². The van der Waals surface area contributed by atoms with Crippen LogP contribution in [0.15, 0.2) is 24.3 Å². The largest absolute Gasteiger partial charge is 0.457 e. The molecule has 0 heterocycles. The minimum absolute atomic E-state index is 0.0102. The van der Waals surface area contributed by atoms with Crippen molar-refractivity contribution in [1.29, 1.82) is 0 Å². The summed E-state index contributed by atoms with van der Waals surface area (Å²) in [7, 11) is 0. The lowest BCUT2D eigenvalue weighted by atomic mass is 9.86. The molecule has 1 aliphatic carbocycles. The summed E-state index contributed by atoms with van der Waals surface area (Å²) in [6, 6.07) is 7.15. The predicted molar refractivity (Wildman–Crippen MR) is 81.5 cm³/mol. The first-order valence-corrected chi connectivity index (χ1v) is 7.59. The number of hydrogen-bond donors (Lipinski definition) is 1. The highest BCUT2D eigenvalue weighted by Crippen LogP contribution is 2.27. The molecule has 1 fully saturated rings. The zero-order valence-electron chi connectivity index (χ0n) is 12.8. The molecule has 0 atom stereocenters. The second-order valence-electron chi connectivity index (χ2n) is 5.59. The third-order valence-electron chi connectivity index (χ3n) is 3.85. The van der Waals surface area contributed by atoms with Crippen molar-refractivity contribution < 1.29 is 19.1 Å². The molecule has 22 heavy (non-hydrogen) atoms. The first-order chi connectivity index (χ1) is 10.6. The second-order valence-corrected chi connectivity index (χ2v) is 5.59. The average Bonchev–Trinajstić information content (AvgIpc) is 2.43. The number of esters is 1. The fourth-order valence-corrected chi connectivity index (χ4v) is 2.22. The van der Waals surface area contributed by atoms with E-state index in [1.54, 1.807) is 12.1 Å². The van der Waals surface area contributed by atoms with E-state index in [-0.39, 0.29) is 30.2 Å². The van der Waals surface area contributed by atoms with E-state index in [0.29, 0.717) is 18.5 Å². The third-order valence-corrected chi connectivity index (χ3v) is 3.85. The lowest BCUT2D eigenvalue weighted by Gasteiger charge is -2.22. The second kappa shape index (κ2) is 7.73. The number of nitrogens with one attached hydrogen (secondary N) is 1. The van der Waals surface area contributed by atoms with Crippen LogP contribution in [0.25, 0.3) is 0 Å². The number of ether oxygens (including phenoxy) is 1. The highest BCUT2D eigenvalue weighted by molar-refractivity contribution is 5.98. The van der Waals surface area contributed by atoms with E-state index in [0.717, 1.165) is 24.8 Å². The molecule has 1 aliphatic rings. The van der Waals surface area contributed by atoms with Crippen LogP contribution in [0.1, 0.15) is 42.1 Å². The van der Waals surface area contributed by atoms with Crippen LogP contribution in [-0.4, -0.2) is 30.8 Å². The van der Waals surface area contributed by atoms with Gasteiger partial charge in [-0.3, -0.25) is 14.4 Å². The van der Waals surface area contributed by atoms with Crippen LogP contribution in [-0.2, 0) is 20.7 Å². The first kappa shape index (κ1) is 16.2. The van der Waals surface area contributed by atoms with E-state index >= 15 is 0 Å². The van der Waals surface area contributed by atoms with Crippen LogP contribution in [0.4, 0.5) is 0 Å². The van der Waals surface area contributed by atoms with Gasteiger partial charge in [0, 0.05) is 19.0 Å². The summed E-state index contributed by atoms with van der Waals surface area (Å²) in [5.41, 5.74) is 1.57. The monoisotopic (exact) mass is 303 g/mol. The summed E-state index contributed by atoms with van der Waals surface area (Å²) in [5.74, 6) is -0.517. The summed E-state index contributed by atoms with van der Waals surface area (Å²) in [6.07, 6.45) is 3.52. The van der Waals surface area contributed by atoms with Gasteiger partial charge < -0.3 is 10.1 Å². The van der Waals surface area contributed by atoms with Crippen molar-refractivity contribution in [2.24, 2.45) is 5.92 Å². The van der Waals surface area contributed by atoms with Gasteiger partial charge in [-0.15, -0.1) is 0 Å². The molecule has 1 N–H and O–H groups in total. The van der Waals surface area contributed by atoms with Gasteiger partial charge in [0.15, 0.2) is 12.4 Å². The summed E-state index contributed by atoms with van der Waals surface area (Å²) >= 11 is 0. The fourth-order valence-electron chi connectivity index (χ4n) is 2.22. The van der Waals surface area contributed by atoms with Crippen LogP contribution in [0, 0.1) is 5.92 Å². The van der Waals surface area contributed by atoms with Gasteiger partial charge in [-0.05, 0) is 24.8 Å². The summed E-state index contributed by atoms with van der Waals surface area (Å²) in [6.45, 7) is 1.86. The Hall–Kier alpha value is -2.17. The lowest BCUT2D eigenvalue weighted by molar-refractivity contribution is -0.150. The smallest absolute Gasteiger partial charge is 0.309 e. The molecule has 0 unspecified atom stereocenters. The molecule has 5 heteroatoms. The minimum Gasteiger partial charge on any atom is -0.457 e. The van der Waals surface area contributed by atoms with E-state index in [9.17, 15) is 14.4 Å². The van der Waals surface area contributed by atoms with Crippen molar-refractivity contribution in [3.8, 4) is 0 Å². The molecule has 1 amide bonds.